The van der Waals surface area contributed by atoms with E-state index in [1.54, 1.807) is 7.11 Å². The molecule has 1 aliphatic rings. The van der Waals surface area contributed by atoms with E-state index in [2.05, 4.69) is 16.3 Å². The van der Waals surface area contributed by atoms with Gasteiger partial charge in [-0.15, -0.1) is 5.10 Å². The lowest BCUT2D eigenvalue weighted by Crippen LogP contribution is -2.21. The largest absolute Gasteiger partial charge is 0.496 e. The fraction of sp³-hybridized carbons (Fsp3) is 0.158. The van der Waals surface area contributed by atoms with Gasteiger partial charge in [0, 0.05) is 16.6 Å². The fourth-order valence-corrected chi connectivity index (χ4v) is 3.43. The second-order valence-corrected chi connectivity index (χ2v) is 5.89. The molecule has 3 aromatic rings. The van der Waals surface area contributed by atoms with Crippen molar-refractivity contribution in [2.75, 3.05) is 7.11 Å². The number of allylic oxidation sites excluding steroid dienone is 1. The van der Waals surface area contributed by atoms with Crippen LogP contribution < -0.4 is 15.2 Å². The number of nitrogens with two attached hydrogens (primary N) is 1. The van der Waals surface area contributed by atoms with Gasteiger partial charge < -0.3 is 15.2 Å². The van der Waals surface area contributed by atoms with Crippen LogP contribution in [0.15, 0.2) is 47.9 Å². The Balaban J connectivity index is 2.06. The van der Waals surface area contributed by atoms with Crippen molar-refractivity contribution in [2.24, 2.45) is 5.73 Å². The van der Waals surface area contributed by atoms with Crippen molar-refractivity contribution in [1.29, 1.82) is 5.26 Å². The van der Waals surface area contributed by atoms with Crippen LogP contribution in [0.4, 0.5) is 0 Å². The van der Waals surface area contributed by atoms with Gasteiger partial charge in [0.25, 0.3) is 0 Å². The number of benzene rings is 2. The molecule has 2 heterocycles. The third-order valence-corrected chi connectivity index (χ3v) is 4.58. The van der Waals surface area contributed by atoms with Crippen molar-refractivity contribution >= 4 is 10.8 Å². The molecular weight excluding hydrogens is 316 g/mol. The lowest BCUT2D eigenvalue weighted by atomic mass is 9.82. The second-order valence-electron chi connectivity index (χ2n) is 5.89. The highest BCUT2D eigenvalue weighted by Gasteiger charge is 2.35. The number of hydrogen-bond acceptors (Lipinski definition) is 5. The van der Waals surface area contributed by atoms with Gasteiger partial charge in [0.15, 0.2) is 0 Å². The summed E-state index contributed by atoms with van der Waals surface area (Å²) in [7, 11) is 1.65. The average molecular weight is 332 g/mol. The first-order valence-electron chi connectivity index (χ1n) is 7.83. The van der Waals surface area contributed by atoms with Crippen molar-refractivity contribution in [2.45, 2.75) is 12.8 Å². The Hall–Kier alpha value is -3.46. The van der Waals surface area contributed by atoms with Gasteiger partial charge in [-0.05, 0) is 23.9 Å². The SMILES string of the molecule is COc1ccc(C2C(C#N)=C(N)Oc3n[nH]c(C)c32)c2ccccc12. The number of nitrogens with one attached hydrogen (secondary N) is 1. The summed E-state index contributed by atoms with van der Waals surface area (Å²) in [6.07, 6.45) is 0. The normalized spacial score (nSPS) is 16.3. The molecule has 6 heteroatoms. The number of rotatable bonds is 2. The lowest BCUT2D eigenvalue weighted by molar-refractivity contribution is 0.379. The number of H-pyrrole nitrogens is 1. The smallest absolute Gasteiger partial charge is 0.244 e. The molecule has 0 aliphatic carbocycles. The molecule has 0 radical (unpaired) electrons. The van der Waals surface area contributed by atoms with Crippen LogP contribution in [0.3, 0.4) is 0 Å². The quantitative estimate of drug-likeness (QED) is 0.751. The predicted octanol–water partition coefficient (Wildman–Crippen LogP) is 3.10. The van der Waals surface area contributed by atoms with Crippen LogP contribution in [-0.4, -0.2) is 17.3 Å². The third kappa shape index (κ3) is 2.13. The fourth-order valence-electron chi connectivity index (χ4n) is 3.43. The summed E-state index contributed by atoms with van der Waals surface area (Å²) in [5, 5.41) is 18.8. The van der Waals surface area contributed by atoms with Crippen LogP contribution >= 0.6 is 0 Å². The lowest BCUT2D eigenvalue weighted by Gasteiger charge is -2.25. The Morgan fingerprint density at radius 1 is 1.24 bits per heavy atom. The predicted molar refractivity (Wildman–Crippen MR) is 93.1 cm³/mol. The molecule has 1 aliphatic heterocycles. The molecule has 0 amide bonds. The highest BCUT2D eigenvalue weighted by atomic mass is 16.5. The molecule has 1 unspecified atom stereocenters. The molecule has 2 aromatic carbocycles. The summed E-state index contributed by atoms with van der Waals surface area (Å²) in [4.78, 5) is 0. The number of methoxy groups -OCH3 is 1. The maximum absolute atomic E-state index is 9.70. The van der Waals surface area contributed by atoms with E-state index in [0.29, 0.717) is 11.5 Å². The Kier molecular flexibility index (Phi) is 3.36. The highest BCUT2D eigenvalue weighted by Crippen LogP contribution is 2.45. The highest BCUT2D eigenvalue weighted by molar-refractivity contribution is 5.92. The molecule has 25 heavy (non-hydrogen) atoms. The number of aromatic amines is 1. The van der Waals surface area contributed by atoms with E-state index in [0.717, 1.165) is 33.3 Å². The third-order valence-electron chi connectivity index (χ3n) is 4.58. The summed E-state index contributed by atoms with van der Waals surface area (Å²) < 4.78 is 11.0. The van der Waals surface area contributed by atoms with Crippen molar-refractivity contribution < 1.29 is 9.47 Å². The first-order valence-corrected chi connectivity index (χ1v) is 7.83. The molecule has 124 valence electrons. The summed E-state index contributed by atoms with van der Waals surface area (Å²) in [6, 6.07) is 14.0. The zero-order valence-electron chi connectivity index (χ0n) is 13.8. The Labute approximate surface area is 144 Å². The zero-order chi connectivity index (χ0) is 17.6. The van der Waals surface area contributed by atoms with Gasteiger partial charge in [0.1, 0.15) is 17.4 Å². The van der Waals surface area contributed by atoms with Crippen molar-refractivity contribution in [1.82, 2.24) is 10.2 Å². The maximum atomic E-state index is 9.70. The second kappa shape index (κ2) is 5.56. The number of fused-ring (bicyclic) bond motifs is 2. The standard InChI is InChI=1S/C19H16N4O2/c1-10-16-17(14(9-20)18(21)25-19(16)23-22-10)13-7-8-15(24-2)12-6-4-3-5-11(12)13/h3-8,17H,21H2,1-2H3,(H,22,23). The Bertz CT molecular complexity index is 1060. The van der Waals surface area contributed by atoms with Crippen LogP contribution in [-0.2, 0) is 0 Å². The van der Waals surface area contributed by atoms with Crippen molar-refractivity contribution in [3.63, 3.8) is 0 Å². The van der Waals surface area contributed by atoms with E-state index in [1.807, 2.05) is 43.3 Å². The van der Waals surface area contributed by atoms with E-state index in [9.17, 15) is 5.26 Å². The number of nitrogens with zero attached hydrogens (tertiary/aromatic N) is 2. The molecule has 6 nitrogen and oxygen atoms in total. The molecule has 3 N–H and O–H groups in total. The summed E-state index contributed by atoms with van der Waals surface area (Å²) >= 11 is 0. The summed E-state index contributed by atoms with van der Waals surface area (Å²) in [5.41, 5.74) is 9.02. The van der Waals surface area contributed by atoms with E-state index in [-0.39, 0.29) is 11.8 Å². The van der Waals surface area contributed by atoms with E-state index in [1.165, 1.54) is 0 Å². The first-order chi connectivity index (χ1) is 12.2. The van der Waals surface area contributed by atoms with Gasteiger partial charge in [-0.1, -0.05) is 30.3 Å². The topological polar surface area (TPSA) is 96.9 Å². The number of aromatic nitrogens is 2. The first kappa shape index (κ1) is 15.1. The van der Waals surface area contributed by atoms with Crippen molar-refractivity contribution in [3.05, 3.63) is 64.7 Å². The number of ether oxygens (including phenoxy) is 2. The average Bonchev–Trinajstić information content (AvgIpc) is 3.00. The number of nitriles is 1. The van der Waals surface area contributed by atoms with Crippen molar-refractivity contribution in [3.8, 4) is 17.7 Å². The van der Waals surface area contributed by atoms with Gasteiger partial charge in [-0.25, -0.2) is 0 Å². The van der Waals surface area contributed by atoms with Crippen LogP contribution in [0.5, 0.6) is 11.6 Å². The van der Waals surface area contributed by atoms with Gasteiger partial charge in [0.05, 0.1) is 13.0 Å². The maximum Gasteiger partial charge on any atom is 0.244 e. The molecular formula is C19H16N4O2. The van der Waals surface area contributed by atoms with Gasteiger partial charge in [-0.2, -0.15) is 5.26 Å². The molecule has 0 bridgehead atoms. The van der Waals surface area contributed by atoms with Crippen LogP contribution in [0.2, 0.25) is 0 Å². The molecule has 0 spiro atoms. The summed E-state index contributed by atoms with van der Waals surface area (Å²) in [5.74, 6) is 0.944. The number of aryl methyl sites for hydroxylation is 1. The minimum absolute atomic E-state index is 0.0893. The summed E-state index contributed by atoms with van der Waals surface area (Å²) in [6.45, 7) is 1.91. The Morgan fingerprint density at radius 2 is 2.00 bits per heavy atom. The van der Waals surface area contributed by atoms with Crippen LogP contribution in [0.1, 0.15) is 22.7 Å². The van der Waals surface area contributed by atoms with E-state index in [4.69, 9.17) is 15.2 Å². The van der Waals surface area contributed by atoms with Crippen LogP contribution in [0, 0.1) is 18.3 Å². The van der Waals surface area contributed by atoms with E-state index >= 15 is 0 Å². The molecule has 1 aromatic heterocycles. The van der Waals surface area contributed by atoms with Gasteiger partial charge >= 0.3 is 0 Å². The molecule has 0 fully saturated rings. The molecule has 0 saturated carbocycles. The minimum atomic E-state index is -0.344. The van der Waals surface area contributed by atoms with E-state index < -0.39 is 0 Å². The molecule has 4 rings (SSSR count). The monoisotopic (exact) mass is 332 g/mol. The molecule has 0 saturated heterocycles. The molecule has 1 atom stereocenters. The Morgan fingerprint density at radius 3 is 2.72 bits per heavy atom. The van der Waals surface area contributed by atoms with Gasteiger partial charge in [0.2, 0.25) is 11.8 Å². The number of hydrogen-bond donors (Lipinski definition) is 2. The van der Waals surface area contributed by atoms with Crippen LogP contribution in [0.25, 0.3) is 10.8 Å². The minimum Gasteiger partial charge on any atom is -0.496 e. The zero-order valence-corrected chi connectivity index (χ0v) is 13.8. The van der Waals surface area contributed by atoms with Gasteiger partial charge in [-0.3, -0.25) is 5.10 Å².